The summed E-state index contributed by atoms with van der Waals surface area (Å²) in [4.78, 5) is 4.65. The number of nitrogens with zero attached hydrogens (tertiary/aromatic N) is 1. The largest absolute Gasteiger partial charge is 0.492 e. The lowest BCUT2D eigenvalue weighted by molar-refractivity contribution is 0.241. The molecule has 1 aromatic heterocycles. The summed E-state index contributed by atoms with van der Waals surface area (Å²) in [6.07, 6.45) is 22.2. The van der Waals surface area contributed by atoms with E-state index in [-0.39, 0.29) is 0 Å². The normalized spacial score (nSPS) is 18.4. The lowest BCUT2D eigenvalue weighted by Crippen LogP contribution is -2.16. The minimum atomic E-state index is 0.794. The number of ether oxygens (including phenoxy) is 1. The van der Waals surface area contributed by atoms with E-state index in [1.54, 1.807) is 0 Å². The summed E-state index contributed by atoms with van der Waals surface area (Å²) in [5.41, 5.74) is 3.69. The van der Waals surface area contributed by atoms with Gasteiger partial charge in [0.2, 0.25) is 0 Å². The van der Waals surface area contributed by atoms with E-state index in [0.29, 0.717) is 0 Å². The fourth-order valence-corrected chi connectivity index (χ4v) is 5.34. The van der Waals surface area contributed by atoms with E-state index >= 15 is 0 Å². The third-order valence-electron chi connectivity index (χ3n) is 7.45. The molecule has 1 aliphatic rings. The average Bonchev–Trinajstić information content (AvgIpc) is 2.87. The number of pyridine rings is 1. The molecule has 0 N–H and O–H groups in total. The van der Waals surface area contributed by atoms with Gasteiger partial charge >= 0.3 is 0 Å². The highest BCUT2D eigenvalue weighted by molar-refractivity contribution is 5.59. The van der Waals surface area contributed by atoms with Crippen LogP contribution in [-0.4, -0.2) is 11.6 Å². The molecule has 2 nitrogen and oxygen atoms in total. The quantitative estimate of drug-likeness (QED) is 0.253. The fourth-order valence-electron chi connectivity index (χ4n) is 5.34. The van der Waals surface area contributed by atoms with Gasteiger partial charge in [0.15, 0.2) is 0 Å². The van der Waals surface area contributed by atoms with Crippen molar-refractivity contribution in [3.05, 3.63) is 48.2 Å². The molecule has 0 radical (unpaired) electrons. The number of rotatable bonds is 15. The van der Waals surface area contributed by atoms with Gasteiger partial charge in [-0.15, -0.1) is 0 Å². The monoisotopic (exact) mass is 449 g/mol. The van der Waals surface area contributed by atoms with Crippen LogP contribution in [-0.2, 0) is 6.42 Å². The van der Waals surface area contributed by atoms with Gasteiger partial charge in [-0.3, -0.25) is 4.98 Å². The van der Waals surface area contributed by atoms with E-state index in [9.17, 15) is 0 Å². The molecule has 3 rings (SSSR count). The Bertz CT molecular complexity index is 751. The number of unbranched alkanes of at least 4 members (excludes halogenated alkanes) is 6. The molecule has 0 spiro atoms. The Kier molecular flexibility index (Phi) is 11.8. The molecule has 2 unspecified atom stereocenters. The number of aromatic nitrogens is 1. The number of aryl methyl sites for hydroxylation is 1. The van der Waals surface area contributed by atoms with Crippen LogP contribution in [0, 0.1) is 11.8 Å². The van der Waals surface area contributed by atoms with Crippen molar-refractivity contribution in [2.75, 3.05) is 6.61 Å². The van der Waals surface area contributed by atoms with Gasteiger partial charge in [-0.2, -0.15) is 0 Å². The molecule has 1 heterocycles. The molecule has 33 heavy (non-hydrogen) atoms. The third kappa shape index (κ3) is 9.51. The highest BCUT2D eigenvalue weighted by Gasteiger charge is 2.21. The summed E-state index contributed by atoms with van der Waals surface area (Å²) in [6.45, 7) is 5.37. The Morgan fingerprint density at radius 1 is 0.788 bits per heavy atom. The van der Waals surface area contributed by atoms with E-state index in [1.807, 2.05) is 6.20 Å². The number of hydrogen-bond acceptors (Lipinski definition) is 2. The first-order chi connectivity index (χ1) is 16.3. The average molecular weight is 450 g/mol. The van der Waals surface area contributed by atoms with Crippen molar-refractivity contribution in [3.8, 4) is 17.0 Å². The van der Waals surface area contributed by atoms with Gasteiger partial charge in [0.25, 0.3) is 0 Å². The fraction of sp³-hybridized carbons (Fsp3) is 0.645. The first-order valence-corrected chi connectivity index (χ1v) is 14.0. The molecule has 182 valence electrons. The highest BCUT2D eigenvalue weighted by atomic mass is 16.5. The maximum atomic E-state index is 5.88. The summed E-state index contributed by atoms with van der Waals surface area (Å²) >= 11 is 0. The van der Waals surface area contributed by atoms with Gasteiger partial charge in [0, 0.05) is 5.56 Å². The molecule has 1 saturated carbocycles. The summed E-state index contributed by atoms with van der Waals surface area (Å²) in [5.74, 6) is 2.81. The number of hydrogen-bond donors (Lipinski definition) is 0. The molecule has 2 aromatic rings. The van der Waals surface area contributed by atoms with Crippen LogP contribution in [0.25, 0.3) is 11.3 Å². The molecular weight excluding hydrogens is 402 g/mol. The van der Waals surface area contributed by atoms with Crippen molar-refractivity contribution < 1.29 is 4.74 Å². The second-order valence-electron chi connectivity index (χ2n) is 10.3. The van der Waals surface area contributed by atoms with Crippen LogP contribution < -0.4 is 4.74 Å². The first-order valence-electron chi connectivity index (χ1n) is 14.0. The lowest BCUT2D eigenvalue weighted by Gasteiger charge is -2.29. The van der Waals surface area contributed by atoms with Crippen LogP contribution >= 0.6 is 0 Å². The zero-order valence-corrected chi connectivity index (χ0v) is 21.4. The van der Waals surface area contributed by atoms with Crippen molar-refractivity contribution in [2.24, 2.45) is 11.8 Å². The standard InChI is InChI=1S/C31H47NO/c1-3-5-7-8-9-10-23-33-30-21-22-31(32-25-30)29-19-17-26(18-20-29)15-16-28-14-11-13-27(24-28)12-6-4-2/h17-22,25,27-28H,3-16,23-24H2,1-2H3. The van der Waals surface area contributed by atoms with Crippen LogP contribution in [0.3, 0.4) is 0 Å². The van der Waals surface area contributed by atoms with Crippen molar-refractivity contribution >= 4 is 0 Å². The van der Waals surface area contributed by atoms with E-state index < -0.39 is 0 Å². The molecule has 2 heteroatoms. The number of benzene rings is 1. The Morgan fingerprint density at radius 2 is 1.52 bits per heavy atom. The van der Waals surface area contributed by atoms with Crippen molar-refractivity contribution in [3.63, 3.8) is 0 Å². The van der Waals surface area contributed by atoms with E-state index in [2.05, 4.69) is 55.2 Å². The van der Waals surface area contributed by atoms with E-state index in [1.165, 1.54) is 101 Å². The van der Waals surface area contributed by atoms with Gasteiger partial charge in [-0.1, -0.05) is 109 Å². The van der Waals surface area contributed by atoms with Crippen LogP contribution in [0.15, 0.2) is 42.6 Å². The van der Waals surface area contributed by atoms with Gasteiger partial charge in [-0.05, 0) is 55.2 Å². The smallest absolute Gasteiger partial charge is 0.137 e. The molecule has 1 fully saturated rings. The van der Waals surface area contributed by atoms with Gasteiger partial charge in [0.1, 0.15) is 5.75 Å². The van der Waals surface area contributed by atoms with Gasteiger partial charge in [-0.25, -0.2) is 0 Å². The minimum Gasteiger partial charge on any atom is -0.492 e. The van der Waals surface area contributed by atoms with E-state index in [4.69, 9.17) is 4.74 Å². The maximum absolute atomic E-state index is 5.88. The van der Waals surface area contributed by atoms with Crippen LogP contribution in [0.5, 0.6) is 5.75 Å². The summed E-state index contributed by atoms with van der Waals surface area (Å²) in [7, 11) is 0. The van der Waals surface area contributed by atoms with Crippen molar-refractivity contribution in [1.29, 1.82) is 0 Å². The first kappa shape index (κ1) is 25.8. The van der Waals surface area contributed by atoms with Crippen LogP contribution in [0.2, 0.25) is 0 Å². The lowest BCUT2D eigenvalue weighted by atomic mass is 9.77. The molecule has 0 amide bonds. The molecular formula is C31H47NO. The Balaban J connectivity index is 1.38. The third-order valence-corrected chi connectivity index (χ3v) is 7.45. The van der Waals surface area contributed by atoms with Crippen molar-refractivity contribution in [2.45, 2.75) is 110 Å². The minimum absolute atomic E-state index is 0.794. The molecule has 1 aromatic carbocycles. The van der Waals surface area contributed by atoms with Crippen molar-refractivity contribution in [1.82, 2.24) is 4.98 Å². The Hall–Kier alpha value is -1.83. The molecule has 0 aliphatic heterocycles. The van der Waals surface area contributed by atoms with Crippen LogP contribution in [0.1, 0.15) is 109 Å². The topological polar surface area (TPSA) is 22.1 Å². The Labute approximate surface area is 203 Å². The predicted molar refractivity (Wildman–Crippen MR) is 142 cm³/mol. The van der Waals surface area contributed by atoms with Gasteiger partial charge in [0.05, 0.1) is 18.5 Å². The zero-order chi connectivity index (χ0) is 23.1. The molecule has 1 aliphatic carbocycles. The second kappa shape index (κ2) is 15.1. The SMILES string of the molecule is CCCCCCCCOc1ccc(-c2ccc(CCC3CCCC(CCCC)C3)cc2)nc1. The van der Waals surface area contributed by atoms with Gasteiger partial charge < -0.3 is 4.74 Å². The van der Waals surface area contributed by atoms with Crippen LogP contribution in [0.4, 0.5) is 0 Å². The summed E-state index contributed by atoms with van der Waals surface area (Å²) < 4.78 is 5.88. The Morgan fingerprint density at radius 3 is 2.24 bits per heavy atom. The molecule has 2 atom stereocenters. The predicted octanol–water partition coefficient (Wildman–Crippen LogP) is 9.42. The summed E-state index contributed by atoms with van der Waals surface area (Å²) in [5, 5.41) is 0. The van der Waals surface area contributed by atoms with E-state index in [0.717, 1.165) is 36.3 Å². The highest BCUT2D eigenvalue weighted by Crippen LogP contribution is 2.34. The summed E-state index contributed by atoms with van der Waals surface area (Å²) in [6, 6.07) is 13.2. The molecule has 0 bridgehead atoms. The second-order valence-corrected chi connectivity index (χ2v) is 10.3. The zero-order valence-electron chi connectivity index (χ0n) is 21.4. The maximum Gasteiger partial charge on any atom is 0.137 e. The molecule has 0 saturated heterocycles.